The predicted octanol–water partition coefficient (Wildman–Crippen LogP) is 5.95. The lowest BCUT2D eigenvalue weighted by Crippen LogP contribution is -1.98. The Morgan fingerprint density at radius 3 is 2.50 bits per heavy atom. The van der Waals surface area contributed by atoms with Gasteiger partial charge in [0.05, 0.1) is 5.56 Å². The number of hydrogen-bond donors (Lipinski definition) is 1. The Bertz CT molecular complexity index is 544. The van der Waals surface area contributed by atoms with Crippen molar-refractivity contribution in [2.45, 2.75) is 51.3 Å². The Balaban J connectivity index is 2.45. The first kappa shape index (κ1) is 18.6. The molecule has 1 aromatic rings. The second-order valence-electron chi connectivity index (χ2n) is 5.50. The van der Waals surface area contributed by atoms with Crippen LogP contribution >= 0.6 is 11.8 Å². The monoisotopic (exact) mass is 318 g/mol. The molecule has 0 atom stereocenters. The molecule has 0 heterocycles. The van der Waals surface area contributed by atoms with Crippen LogP contribution in [0.3, 0.4) is 0 Å². The third kappa shape index (κ3) is 6.99. The fourth-order valence-corrected chi connectivity index (χ4v) is 3.22. The van der Waals surface area contributed by atoms with Crippen molar-refractivity contribution < 1.29 is 9.90 Å². The first-order valence-corrected chi connectivity index (χ1v) is 8.79. The highest BCUT2D eigenvalue weighted by molar-refractivity contribution is 7.99. The lowest BCUT2D eigenvalue weighted by molar-refractivity contribution is 0.0693. The molecule has 1 N–H and O–H groups in total. The molecule has 22 heavy (non-hydrogen) atoms. The summed E-state index contributed by atoms with van der Waals surface area (Å²) in [6.07, 6.45) is 9.08. The number of thioether (sulfide) groups is 1. The first-order valence-electron chi connectivity index (χ1n) is 7.81. The third-order valence-electron chi connectivity index (χ3n) is 3.46. The maximum Gasteiger partial charge on any atom is 0.336 e. The summed E-state index contributed by atoms with van der Waals surface area (Å²) in [5.74, 6) is -0.0475. The van der Waals surface area contributed by atoms with E-state index in [0.717, 1.165) is 23.5 Å². The Kier molecular flexibility index (Phi) is 8.68. The van der Waals surface area contributed by atoms with Crippen LogP contribution in [0.5, 0.6) is 0 Å². The highest BCUT2D eigenvalue weighted by atomic mass is 32.2. The molecule has 0 aliphatic rings. The molecule has 1 aromatic carbocycles. The molecular weight excluding hydrogens is 292 g/mol. The summed E-state index contributed by atoms with van der Waals surface area (Å²) < 4.78 is 0. The number of allylic oxidation sites excluding steroid dienone is 3. The van der Waals surface area contributed by atoms with Crippen LogP contribution < -0.4 is 0 Å². The topological polar surface area (TPSA) is 37.3 Å². The number of aromatic carboxylic acids is 1. The van der Waals surface area contributed by atoms with Gasteiger partial charge in [0, 0.05) is 10.6 Å². The van der Waals surface area contributed by atoms with E-state index in [1.165, 1.54) is 24.0 Å². The number of rotatable bonds is 9. The number of carboxylic acid groups (broad SMARTS) is 1. The lowest BCUT2D eigenvalue weighted by atomic mass is 10.1. The van der Waals surface area contributed by atoms with E-state index in [-0.39, 0.29) is 0 Å². The molecule has 1 rings (SSSR count). The molecule has 0 amide bonds. The average molecular weight is 318 g/mol. The number of carbonyl (C=O) groups is 1. The van der Waals surface area contributed by atoms with Crippen molar-refractivity contribution in [1.29, 1.82) is 0 Å². The summed E-state index contributed by atoms with van der Waals surface area (Å²) in [5.41, 5.74) is 3.22. The highest BCUT2D eigenvalue weighted by Crippen LogP contribution is 2.23. The van der Waals surface area contributed by atoms with Crippen LogP contribution in [0.25, 0.3) is 0 Å². The highest BCUT2D eigenvalue weighted by Gasteiger charge is 2.08. The molecule has 0 saturated heterocycles. The molecule has 3 heteroatoms. The van der Waals surface area contributed by atoms with Gasteiger partial charge in [0.25, 0.3) is 0 Å². The molecule has 0 spiro atoms. The molecular formula is C19H26O2S. The lowest BCUT2D eigenvalue weighted by Gasteiger charge is -2.04. The fraction of sp³-hybridized carbons (Fsp3) is 0.421. The maximum absolute atomic E-state index is 11.1. The quantitative estimate of drug-likeness (QED) is 0.451. The molecule has 0 aliphatic carbocycles. The first-order chi connectivity index (χ1) is 10.5. The van der Waals surface area contributed by atoms with Gasteiger partial charge in [-0.2, -0.15) is 0 Å². The van der Waals surface area contributed by atoms with Gasteiger partial charge in [0.15, 0.2) is 0 Å². The molecule has 0 aromatic heterocycles. The van der Waals surface area contributed by atoms with Gasteiger partial charge >= 0.3 is 5.97 Å². The summed E-state index contributed by atoms with van der Waals surface area (Å²) in [6, 6.07) is 7.17. The van der Waals surface area contributed by atoms with Crippen molar-refractivity contribution in [2.24, 2.45) is 0 Å². The number of hydrogen-bond acceptors (Lipinski definition) is 2. The number of carboxylic acids is 1. The normalized spacial score (nSPS) is 12.5. The van der Waals surface area contributed by atoms with Gasteiger partial charge in [-0.25, -0.2) is 4.79 Å². The molecule has 0 aliphatic heterocycles. The van der Waals surface area contributed by atoms with Crippen LogP contribution in [0.4, 0.5) is 0 Å². The maximum atomic E-state index is 11.1. The summed E-state index contributed by atoms with van der Waals surface area (Å²) >= 11 is 1.58. The smallest absolute Gasteiger partial charge is 0.336 e. The second-order valence-corrected chi connectivity index (χ2v) is 6.56. The summed E-state index contributed by atoms with van der Waals surface area (Å²) in [7, 11) is 0. The van der Waals surface area contributed by atoms with Crippen molar-refractivity contribution in [2.75, 3.05) is 5.75 Å². The van der Waals surface area contributed by atoms with Crippen LogP contribution in [0.15, 0.2) is 52.5 Å². The van der Waals surface area contributed by atoms with E-state index in [0.29, 0.717) is 5.56 Å². The number of benzene rings is 1. The largest absolute Gasteiger partial charge is 0.478 e. The average Bonchev–Trinajstić information content (AvgIpc) is 2.48. The van der Waals surface area contributed by atoms with E-state index in [9.17, 15) is 4.79 Å². The predicted molar refractivity (Wildman–Crippen MR) is 95.8 cm³/mol. The summed E-state index contributed by atoms with van der Waals surface area (Å²) in [4.78, 5) is 12.0. The molecule has 0 saturated carbocycles. The minimum atomic E-state index is -0.861. The zero-order valence-electron chi connectivity index (χ0n) is 13.8. The molecule has 0 bridgehead atoms. The van der Waals surface area contributed by atoms with Crippen molar-refractivity contribution in [1.82, 2.24) is 0 Å². The van der Waals surface area contributed by atoms with Crippen molar-refractivity contribution in [3.05, 3.63) is 53.1 Å². The molecule has 2 nitrogen and oxygen atoms in total. The van der Waals surface area contributed by atoms with Gasteiger partial charge in [-0.3, -0.25) is 0 Å². The zero-order chi connectivity index (χ0) is 16.4. The van der Waals surface area contributed by atoms with Gasteiger partial charge in [-0.1, -0.05) is 48.8 Å². The second kappa shape index (κ2) is 10.3. The van der Waals surface area contributed by atoms with E-state index >= 15 is 0 Å². The van der Waals surface area contributed by atoms with Crippen molar-refractivity contribution in [3.8, 4) is 0 Å². The third-order valence-corrected chi connectivity index (χ3v) is 4.46. The Hall–Kier alpha value is -1.48. The summed E-state index contributed by atoms with van der Waals surface area (Å²) in [5, 5.41) is 9.15. The van der Waals surface area contributed by atoms with Crippen LogP contribution in [-0.4, -0.2) is 16.8 Å². The van der Waals surface area contributed by atoms with Gasteiger partial charge in [0.1, 0.15) is 0 Å². The zero-order valence-corrected chi connectivity index (χ0v) is 14.6. The molecule has 120 valence electrons. The molecule has 0 unspecified atom stereocenters. The van der Waals surface area contributed by atoms with Crippen molar-refractivity contribution in [3.63, 3.8) is 0 Å². The van der Waals surface area contributed by atoms with E-state index in [2.05, 4.69) is 32.9 Å². The minimum absolute atomic E-state index is 0.386. The van der Waals surface area contributed by atoms with Crippen LogP contribution in [-0.2, 0) is 0 Å². The van der Waals surface area contributed by atoms with E-state index < -0.39 is 5.97 Å². The SMILES string of the molecule is CCC/C(C)=C/CC/C(C)=C/CSc1ccccc1C(=O)O. The Labute approximate surface area is 138 Å². The van der Waals surface area contributed by atoms with Crippen molar-refractivity contribution >= 4 is 17.7 Å². The Morgan fingerprint density at radius 1 is 1.14 bits per heavy atom. The van der Waals surface area contributed by atoms with Crippen LogP contribution in [0.2, 0.25) is 0 Å². The van der Waals surface area contributed by atoms with E-state index in [1.54, 1.807) is 23.9 Å². The molecule has 0 radical (unpaired) electrons. The van der Waals surface area contributed by atoms with Crippen LogP contribution in [0, 0.1) is 0 Å². The summed E-state index contributed by atoms with van der Waals surface area (Å²) in [6.45, 7) is 6.54. The Morgan fingerprint density at radius 2 is 1.82 bits per heavy atom. The van der Waals surface area contributed by atoms with Gasteiger partial charge in [-0.05, 0) is 45.2 Å². The fourth-order valence-electron chi connectivity index (χ4n) is 2.19. The molecule has 0 fully saturated rings. The minimum Gasteiger partial charge on any atom is -0.478 e. The van der Waals surface area contributed by atoms with Gasteiger partial charge in [-0.15, -0.1) is 11.8 Å². The van der Waals surface area contributed by atoms with E-state index in [1.807, 2.05) is 12.1 Å². The van der Waals surface area contributed by atoms with Gasteiger partial charge < -0.3 is 5.11 Å². The van der Waals surface area contributed by atoms with E-state index in [4.69, 9.17) is 5.11 Å². The van der Waals surface area contributed by atoms with Crippen LogP contribution in [0.1, 0.15) is 56.8 Å². The standard InChI is InChI=1S/C19H26O2S/c1-4-8-15(2)9-7-10-16(3)13-14-22-18-12-6-5-11-17(18)19(20)21/h5-6,9,11-13H,4,7-8,10,14H2,1-3H3,(H,20,21)/b15-9+,16-13+. The van der Waals surface area contributed by atoms with Gasteiger partial charge in [0.2, 0.25) is 0 Å².